The van der Waals surface area contributed by atoms with E-state index < -0.39 is 0 Å². The van der Waals surface area contributed by atoms with Gasteiger partial charge in [0.15, 0.2) is 12.0 Å². The quantitative estimate of drug-likeness (QED) is 0.177. The van der Waals surface area contributed by atoms with E-state index in [0.717, 1.165) is 61.8 Å². The van der Waals surface area contributed by atoms with E-state index in [4.69, 9.17) is 4.74 Å². The SMILES string of the molecule is c1ccc(-c2ccc(N(c3ccc(-c4cc5ccccc5c5c4OC(c4ccccc4)N5)cc3)c3ccc4c5ccccc5n(-c5ccccc5)c4c3)cc2)cc1. The van der Waals surface area contributed by atoms with Gasteiger partial charge >= 0.3 is 0 Å². The Morgan fingerprint density at radius 1 is 0.439 bits per heavy atom. The van der Waals surface area contributed by atoms with Gasteiger partial charge in [-0.15, -0.1) is 0 Å². The Kier molecular flexibility index (Phi) is 7.85. The summed E-state index contributed by atoms with van der Waals surface area (Å²) in [6.45, 7) is 0. The van der Waals surface area contributed by atoms with Gasteiger partial charge in [0, 0.05) is 50.0 Å². The number of fused-ring (bicyclic) bond motifs is 6. The highest BCUT2D eigenvalue weighted by molar-refractivity contribution is 6.10. The summed E-state index contributed by atoms with van der Waals surface area (Å²) >= 11 is 0. The van der Waals surface area contributed by atoms with Crippen LogP contribution in [0, 0.1) is 0 Å². The van der Waals surface area contributed by atoms with Gasteiger partial charge in [0.2, 0.25) is 0 Å². The predicted octanol–water partition coefficient (Wildman–Crippen LogP) is 14.2. The van der Waals surface area contributed by atoms with E-state index in [2.05, 4.69) is 221 Å². The first kappa shape index (κ1) is 32.8. The van der Waals surface area contributed by atoms with Crippen LogP contribution in [0.4, 0.5) is 22.7 Å². The van der Waals surface area contributed by atoms with Crippen LogP contribution in [0.15, 0.2) is 212 Å². The highest BCUT2D eigenvalue weighted by Gasteiger charge is 2.29. The third kappa shape index (κ3) is 5.70. The number of hydrogen-bond donors (Lipinski definition) is 1. The fraction of sp³-hybridized carbons (Fsp3) is 0.0189. The number of nitrogens with zero attached hydrogens (tertiary/aromatic N) is 2. The van der Waals surface area contributed by atoms with Crippen molar-refractivity contribution in [1.82, 2.24) is 4.57 Å². The number of hydrogen-bond acceptors (Lipinski definition) is 3. The van der Waals surface area contributed by atoms with Crippen LogP contribution in [0.2, 0.25) is 0 Å². The first-order valence-corrected chi connectivity index (χ1v) is 19.5. The molecule has 270 valence electrons. The van der Waals surface area contributed by atoms with E-state index in [-0.39, 0.29) is 6.23 Å². The number of anilines is 4. The summed E-state index contributed by atoms with van der Waals surface area (Å²) in [6.07, 6.45) is -0.263. The summed E-state index contributed by atoms with van der Waals surface area (Å²) < 4.78 is 9.12. The molecule has 1 aliphatic heterocycles. The number of aromatic nitrogens is 1. The molecule has 2 heterocycles. The van der Waals surface area contributed by atoms with Gasteiger partial charge in [0.1, 0.15) is 0 Å². The lowest BCUT2D eigenvalue weighted by molar-refractivity contribution is 0.261. The molecule has 4 nitrogen and oxygen atoms in total. The third-order valence-corrected chi connectivity index (χ3v) is 11.2. The van der Waals surface area contributed by atoms with Crippen LogP contribution in [-0.2, 0) is 0 Å². The zero-order valence-electron chi connectivity index (χ0n) is 31.1. The van der Waals surface area contributed by atoms with Gasteiger partial charge in [0.25, 0.3) is 0 Å². The molecule has 0 aliphatic carbocycles. The smallest absolute Gasteiger partial charge is 0.196 e. The van der Waals surface area contributed by atoms with Gasteiger partial charge in [-0.05, 0) is 82.7 Å². The molecule has 57 heavy (non-hydrogen) atoms. The van der Waals surface area contributed by atoms with Crippen molar-refractivity contribution in [3.05, 3.63) is 218 Å². The molecule has 1 N–H and O–H groups in total. The summed E-state index contributed by atoms with van der Waals surface area (Å²) in [5, 5.41) is 8.48. The standard InChI is InChI=1S/C53H37N3O/c1-4-14-36(15-5-1)37-24-28-42(29-25-37)55(44-32-33-47-46-22-12-13-23-49(46)56(50(47)35-44)41-19-8-3-9-20-41)43-30-26-38(27-31-43)48-34-40-18-10-11-21-45(40)51-52(48)57-53(54-51)39-16-6-2-7-17-39/h1-35,53-54H. The van der Waals surface area contributed by atoms with E-state index >= 15 is 0 Å². The van der Waals surface area contributed by atoms with Crippen molar-refractivity contribution in [2.75, 3.05) is 10.2 Å². The van der Waals surface area contributed by atoms with E-state index in [1.807, 2.05) is 6.07 Å². The summed E-state index contributed by atoms with van der Waals surface area (Å²) in [6, 6.07) is 75.7. The fourth-order valence-electron chi connectivity index (χ4n) is 8.49. The molecule has 0 spiro atoms. The first-order chi connectivity index (χ1) is 28.3. The zero-order chi connectivity index (χ0) is 37.7. The largest absolute Gasteiger partial charge is 0.464 e. The summed E-state index contributed by atoms with van der Waals surface area (Å²) in [4.78, 5) is 2.36. The van der Waals surface area contributed by atoms with Crippen molar-refractivity contribution in [3.63, 3.8) is 0 Å². The maximum atomic E-state index is 6.74. The van der Waals surface area contributed by atoms with Gasteiger partial charge in [-0.3, -0.25) is 0 Å². The monoisotopic (exact) mass is 731 g/mol. The van der Waals surface area contributed by atoms with Crippen molar-refractivity contribution in [3.8, 4) is 33.7 Å². The Labute approximate surface area is 331 Å². The molecule has 9 aromatic carbocycles. The lowest BCUT2D eigenvalue weighted by atomic mass is 9.98. The van der Waals surface area contributed by atoms with Crippen LogP contribution in [-0.4, -0.2) is 4.57 Å². The second-order valence-electron chi connectivity index (χ2n) is 14.6. The Hall–Kier alpha value is -7.56. The third-order valence-electron chi connectivity index (χ3n) is 11.2. The van der Waals surface area contributed by atoms with E-state index in [9.17, 15) is 0 Å². The maximum absolute atomic E-state index is 6.74. The normalized spacial score (nSPS) is 13.4. The minimum absolute atomic E-state index is 0.263. The van der Waals surface area contributed by atoms with Crippen LogP contribution in [0.25, 0.3) is 60.5 Å². The molecule has 0 saturated carbocycles. The molecule has 4 heteroatoms. The number of nitrogens with one attached hydrogen (secondary N) is 1. The van der Waals surface area contributed by atoms with Gasteiger partial charge in [-0.25, -0.2) is 0 Å². The summed E-state index contributed by atoms with van der Waals surface area (Å²) in [5.74, 6) is 0.878. The molecule has 1 atom stereocenters. The molecular weight excluding hydrogens is 695 g/mol. The fourth-order valence-corrected chi connectivity index (χ4v) is 8.49. The van der Waals surface area contributed by atoms with Gasteiger partial charge < -0.3 is 19.5 Å². The Balaban J connectivity index is 1.05. The molecule has 1 aliphatic rings. The van der Waals surface area contributed by atoms with Crippen LogP contribution in [0.5, 0.6) is 5.75 Å². The van der Waals surface area contributed by atoms with E-state index in [1.165, 1.54) is 32.8 Å². The summed E-state index contributed by atoms with van der Waals surface area (Å²) in [7, 11) is 0. The molecule has 1 aromatic heterocycles. The van der Waals surface area contributed by atoms with E-state index in [1.54, 1.807) is 0 Å². The molecule has 0 bridgehead atoms. The minimum atomic E-state index is -0.263. The van der Waals surface area contributed by atoms with Gasteiger partial charge in [-0.2, -0.15) is 0 Å². The molecule has 0 amide bonds. The Morgan fingerprint density at radius 2 is 1.00 bits per heavy atom. The summed E-state index contributed by atoms with van der Waals surface area (Å²) in [5.41, 5.74) is 13.4. The second-order valence-corrected chi connectivity index (χ2v) is 14.6. The highest BCUT2D eigenvalue weighted by Crippen LogP contribution is 2.50. The van der Waals surface area contributed by atoms with Gasteiger partial charge in [-0.1, -0.05) is 152 Å². The number of ether oxygens (including phenoxy) is 1. The average Bonchev–Trinajstić information content (AvgIpc) is 3.88. The van der Waals surface area contributed by atoms with Crippen LogP contribution in [0.3, 0.4) is 0 Å². The van der Waals surface area contributed by atoms with Gasteiger partial charge in [0.05, 0.1) is 16.7 Å². The minimum Gasteiger partial charge on any atom is -0.464 e. The molecule has 11 rings (SSSR count). The lowest BCUT2D eigenvalue weighted by Gasteiger charge is -2.26. The van der Waals surface area contributed by atoms with Crippen LogP contribution >= 0.6 is 0 Å². The molecule has 0 fully saturated rings. The van der Waals surface area contributed by atoms with Crippen molar-refractivity contribution in [2.45, 2.75) is 6.23 Å². The predicted molar refractivity (Wildman–Crippen MR) is 237 cm³/mol. The van der Waals surface area contributed by atoms with Crippen molar-refractivity contribution >= 4 is 55.3 Å². The van der Waals surface area contributed by atoms with Crippen molar-refractivity contribution < 1.29 is 4.74 Å². The second kappa shape index (κ2) is 13.6. The highest BCUT2D eigenvalue weighted by atomic mass is 16.5. The molecule has 0 saturated heterocycles. The zero-order valence-corrected chi connectivity index (χ0v) is 31.1. The first-order valence-electron chi connectivity index (χ1n) is 19.5. The maximum Gasteiger partial charge on any atom is 0.196 e. The Bertz CT molecular complexity index is 3050. The average molecular weight is 732 g/mol. The number of rotatable bonds is 7. The van der Waals surface area contributed by atoms with E-state index in [0.29, 0.717) is 0 Å². The Morgan fingerprint density at radius 3 is 1.74 bits per heavy atom. The van der Waals surface area contributed by atoms with Crippen molar-refractivity contribution in [1.29, 1.82) is 0 Å². The van der Waals surface area contributed by atoms with Crippen LogP contribution in [0.1, 0.15) is 11.8 Å². The molecular formula is C53H37N3O. The van der Waals surface area contributed by atoms with Crippen molar-refractivity contribution in [2.24, 2.45) is 0 Å². The number of benzene rings is 9. The molecule has 1 unspecified atom stereocenters. The molecule has 10 aromatic rings. The topological polar surface area (TPSA) is 29.4 Å². The van der Waals surface area contributed by atoms with Crippen LogP contribution < -0.4 is 15.0 Å². The molecule has 0 radical (unpaired) electrons. The number of para-hydroxylation sites is 2. The lowest BCUT2D eigenvalue weighted by Crippen LogP contribution is -2.10.